The molecule has 0 bridgehead atoms. The number of benzene rings is 2. The Hall–Kier alpha value is -2.48. The van der Waals surface area contributed by atoms with E-state index in [4.69, 9.17) is 14.2 Å². The van der Waals surface area contributed by atoms with Gasteiger partial charge >= 0.3 is 0 Å². The molecule has 1 unspecified atom stereocenters. The molecule has 38 heavy (non-hydrogen) atoms. The van der Waals surface area contributed by atoms with E-state index >= 15 is 0 Å². The maximum absolute atomic E-state index is 13.7. The summed E-state index contributed by atoms with van der Waals surface area (Å²) < 4.78 is 30.9. The van der Waals surface area contributed by atoms with E-state index in [1.165, 1.54) is 12.1 Å². The van der Waals surface area contributed by atoms with Gasteiger partial charge in [0.2, 0.25) is 5.91 Å². The smallest absolute Gasteiger partial charge is 0.227 e. The quantitative estimate of drug-likeness (QED) is 0.390. The van der Waals surface area contributed by atoms with Gasteiger partial charge in [-0.2, -0.15) is 0 Å². The molecule has 4 rings (SSSR count). The summed E-state index contributed by atoms with van der Waals surface area (Å²) in [5, 5.41) is 0. The van der Waals surface area contributed by atoms with Gasteiger partial charge in [0, 0.05) is 38.1 Å². The fraction of sp³-hybridized carbons (Fsp3) is 0.581. The van der Waals surface area contributed by atoms with Crippen LogP contribution in [0.5, 0.6) is 5.75 Å². The molecule has 0 spiro atoms. The zero-order valence-electron chi connectivity index (χ0n) is 23.1. The van der Waals surface area contributed by atoms with Crippen molar-refractivity contribution >= 4 is 5.91 Å². The number of carbonyl (C=O) groups excluding carboxylic acids is 1. The molecule has 0 saturated carbocycles. The third-order valence-electron chi connectivity index (χ3n) is 7.42. The first-order valence-corrected chi connectivity index (χ1v) is 14.1. The Bertz CT molecular complexity index is 1000. The van der Waals surface area contributed by atoms with Crippen molar-refractivity contribution < 1.29 is 23.4 Å². The van der Waals surface area contributed by atoms with Crippen molar-refractivity contribution in [2.75, 3.05) is 32.9 Å². The molecule has 0 N–H and O–H groups in total. The summed E-state index contributed by atoms with van der Waals surface area (Å²) in [5.74, 6) is 1.05. The summed E-state index contributed by atoms with van der Waals surface area (Å²) in [7, 11) is 0. The minimum Gasteiger partial charge on any atom is -0.493 e. The van der Waals surface area contributed by atoms with Gasteiger partial charge in [-0.05, 0) is 67.5 Å². The Morgan fingerprint density at radius 2 is 1.76 bits per heavy atom. The topological polar surface area (TPSA) is 51.2 Å². The zero-order valence-corrected chi connectivity index (χ0v) is 23.1. The van der Waals surface area contributed by atoms with E-state index in [2.05, 4.69) is 25.7 Å². The number of likely N-dealkylation sites (tertiary alicyclic amines) is 1. The molecule has 0 aliphatic carbocycles. The third-order valence-corrected chi connectivity index (χ3v) is 7.42. The molecule has 2 aromatic rings. The predicted molar refractivity (Wildman–Crippen MR) is 146 cm³/mol. The van der Waals surface area contributed by atoms with Crippen molar-refractivity contribution in [3.05, 3.63) is 65.5 Å². The second-order valence-electron chi connectivity index (χ2n) is 11.1. The summed E-state index contributed by atoms with van der Waals surface area (Å²) in [5.41, 5.74) is 1.88. The third kappa shape index (κ3) is 8.52. The standard InChI is InChI=1S/C31H43FN2O4/c1-23(2)22-38-29-7-4-6-26(19-29)20-30(35)34(21-25-8-10-27(32)11-9-25)28-12-14-33(15-13-28)24(3)18-31-36-16-5-17-37-31/h4,6-11,19,23-24,28,31H,5,12-18,20-22H2,1-3H3. The highest BCUT2D eigenvalue weighted by molar-refractivity contribution is 5.79. The maximum atomic E-state index is 13.7. The Labute approximate surface area is 227 Å². The van der Waals surface area contributed by atoms with Crippen LogP contribution >= 0.6 is 0 Å². The Morgan fingerprint density at radius 1 is 1.05 bits per heavy atom. The van der Waals surface area contributed by atoms with Gasteiger partial charge in [0.25, 0.3) is 0 Å². The largest absolute Gasteiger partial charge is 0.493 e. The molecule has 2 saturated heterocycles. The number of amides is 1. The number of nitrogens with zero attached hydrogens (tertiary/aromatic N) is 2. The van der Waals surface area contributed by atoms with E-state index in [1.54, 1.807) is 12.1 Å². The monoisotopic (exact) mass is 526 g/mol. The van der Waals surface area contributed by atoms with Crippen LogP contribution in [0.2, 0.25) is 0 Å². The molecule has 2 aliphatic rings. The van der Waals surface area contributed by atoms with E-state index < -0.39 is 0 Å². The highest BCUT2D eigenvalue weighted by atomic mass is 19.1. The predicted octanol–water partition coefficient (Wildman–Crippen LogP) is 5.44. The van der Waals surface area contributed by atoms with Gasteiger partial charge in [0.05, 0.1) is 26.2 Å². The lowest BCUT2D eigenvalue weighted by Crippen LogP contribution is -2.50. The van der Waals surface area contributed by atoms with Gasteiger partial charge in [-0.3, -0.25) is 4.79 Å². The second-order valence-corrected chi connectivity index (χ2v) is 11.1. The lowest BCUT2D eigenvalue weighted by atomic mass is 9.99. The Kier molecular flexibility index (Phi) is 10.6. The average Bonchev–Trinajstić information content (AvgIpc) is 2.92. The van der Waals surface area contributed by atoms with Crippen LogP contribution < -0.4 is 4.74 Å². The van der Waals surface area contributed by atoms with Gasteiger partial charge in [-0.15, -0.1) is 0 Å². The molecule has 0 aromatic heterocycles. The molecule has 2 fully saturated rings. The van der Waals surface area contributed by atoms with Crippen LogP contribution in [-0.4, -0.2) is 67.0 Å². The van der Waals surface area contributed by atoms with Crippen molar-refractivity contribution in [2.45, 2.75) is 77.8 Å². The van der Waals surface area contributed by atoms with Crippen LogP contribution in [-0.2, 0) is 27.2 Å². The lowest BCUT2D eigenvalue weighted by molar-refractivity contribution is -0.187. The number of hydrogen-bond acceptors (Lipinski definition) is 5. The molecular weight excluding hydrogens is 483 g/mol. The molecule has 1 amide bonds. The fourth-order valence-corrected chi connectivity index (χ4v) is 5.23. The van der Waals surface area contributed by atoms with Gasteiger partial charge < -0.3 is 24.0 Å². The normalized spacial score (nSPS) is 18.4. The van der Waals surface area contributed by atoms with Crippen LogP contribution in [0.15, 0.2) is 48.5 Å². The van der Waals surface area contributed by atoms with Gasteiger partial charge in [0.1, 0.15) is 11.6 Å². The highest BCUT2D eigenvalue weighted by Gasteiger charge is 2.31. The van der Waals surface area contributed by atoms with Crippen molar-refractivity contribution in [1.29, 1.82) is 0 Å². The first-order chi connectivity index (χ1) is 18.4. The molecule has 208 valence electrons. The van der Waals surface area contributed by atoms with Crippen molar-refractivity contribution in [2.24, 2.45) is 5.92 Å². The summed E-state index contributed by atoms with van der Waals surface area (Å²) >= 11 is 0. The number of rotatable bonds is 11. The molecule has 2 aromatic carbocycles. The summed E-state index contributed by atoms with van der Waals surface area (Å²) in [6.45, 7) is 11.0. The molecule has 2 heterocycles. The first-order valence-electron chi connectivity index (χ1n) is 14.1. The molecule has 6 nitrogen and oxygen atoms in total. The van der Waals surface area contributed by atoms with Crippen molar-refractivity contribution in [3.63, 3.8) is 0 Å². The summed E-state index contributed by atoms with van der Waals surface area (Å²) in [4.78, 5) is 18.2. The zero-order chi connectivity index (χ0) is 26.9. The molecule has 2 aliphatic heterocycles. The molecule has 0 radical (unpaired) electrons. The minimum absolute atomic E-state index is 0.0887. The number of halogens is 1. The van der Waals surface area contributed by atoms with E-state index in [-0.39, 0.29) is 24.1 Å². The van der Waals surface area contributed by atoms with E-state index in [0.29, 0.717) is 31.5 Å². The fourth-order valence-electron chi connectivity index (χ4n) is 5.23. The van der Waals surface area contributed by atoms with Crippen molar-refractivity contribution in [1.82, 2.24) is 9.80 Å². The molecular formula is C31H43FN2O4. The van der Waals surface area contributed by atoms with E-state index in [9.17, 15) is 9.18 Å². The van der Waals surface area contributed by atoms with E-state index in [0.717, 1.165) is 68.9 Å². The van der Waals surface area contributed by atoms with Crippen LogP contribution in [0.1, 0.15) is 57.6 Å². The number of hydrogen-bond donors (Lipinski definition) is 0. The van der Waals surface area contributed by atoms with Gasteiger partial charge in [0.15, 0.2) is 6.29 Å². The Morgan fingerprint density at radius 3 is 2.45 bits per heavy atom. The van der Waals surface area contributed by atoms with Crippen LogP contribution in [0.25, 0.3) is 0 Å². The van der Waals surface area contributed by atoms with E-state index in [1.807, 2.05) is 29.2 Å². The maximum Gasteiger partial charge on any atom is 0.227 e. The van der Waals surface area contributed by atoms with Crippen LogP contribution in [0.4, 0.5) is 4.39 Å². The SMILES string of the molecule is CC(C)COc1cccc(CC(=O)N(Cc2ccc(F)cc2)C2CCN(C(C)CC3OCCCO3)CC2)c1. The summed E-state index contributed by atoms with van der Waals surface area (Å²) in [6.07, 6.45) is 3.82. The van der Waals surface area contributed by atoms with Gasteiger partial charge in [-0.1, -0.05) is 38.1 Å². The number of ether oxygens (including phenoxy) is 3. The lowest BCUT2D eigenvalue weighted by Gasteiger charge is -2.41. The second kappa shape index (κ2) is 14.1. The van der Waals surface area contributed by atoms with Gasteiger partial charge in [-0.25, -0.2) is 4.39 Å². The number of carbonyl (C=O) groups is 1. The Balaban J connectivity index is 1.40. The van der Waals surface area contributed by atoms with Crippen LogP contribution in [0.3, 0.4) is 0 Å². The summed E-state index contributed by atoms with van der Waals surface area (Å²) in [6, 6.07) is 14.8. The minimum atomic E-state index is -0.266. The molecule has 7 heteroatoms. The first kappa shape index (κ1) is 28.5. The van der Waals surface area contributed by atoms with Crippen LogP contribution in [0, 0.1) is 11.7 Å². The van der Waals surface area contributed by atoms with Crippen molar-refractivity contribution in [3.8, 4) is 5.75 Å². The number of piperidine rings is 1. The average molecular weight is 527 g/mol. The molecule has 1 atom stereocenters. The highest BCUT2D eigenvalue weighted by Crippen LogP contribution is 2.25.